The van der Waals surface area contributed by atoms with Gasteiger partial charge in [-0.05, 0) is 12.1 Å². The lowest BCUT2D eigenvalue weighted by Gasteiger charge is -2.13. The van der Waals surface area contributed by atoms with Crippen molar-refractivity contribution in [3.8, 4) is 17.2 Å². The van der Waals surface area contributed by atoms with Gasteiger partial charge in [0.05, 0.1) is 21.3 Å². The smallest absolute Gasteiger partial charge is 0.203 e. The van der Waals surface area contributed by atoms with Gasteiger partial charge >= 0.3 is 0 Å². The standard InChI is InChI=1S/C10H12ClNO4/c1-14-7-4-6(10(11)12-13)5-8(15-2)9(7)16-3/h4-5,13H,1-3H3/b12-10+. The van der Waals surface area contributed by atoms with E-state index in [2.05, 4.69) is 5.16 Å². The van der Waals surface area contributed by atoms with Crippen LogP contribution in [0.25, 0.3) is 0 Å². The molecule has 0 spiro atoms. The minimum atomic E-state index is -0.0562. The van der Waals surface area contributed by atoms with Crippen LogP contribution in [0.5, 0.6) is 17.2 Å². The number of oxime groups is 1. The van der Waals surface area contributed by atoms with Crippen LogP contribution in [0.2, 0.25) is 0 Å². The Morgan fingerprint density at radius 3 is 1.94 bits per heavy atom. The van der Waals surface area contributed by atoms with Gasteiger partial charge in [0.15, 0.2) is 16.7 Å². The Bertz CT molecular complexity index is 381. The summed E-state index contributed by atoms with van der Waals surface area (Å²) in [6, 6.07) is 3.17. The molecule has 6 heteroatoms. The Morgan fingerprint density at radius 1 is 1.12 bits per heavy atom. The Morgan fingerprint density at radius 2 is 1.62 bits per heavy atom. The van der Waals surface area contributed by atoms with Gasteiger partial charge < -0.3 is 19.4 Å². The van der Waals surface area contributed by atoms with Gasteiger partial charge in [-0.15, -0.1) is 0 Å². The molecule has 1 N–H and O–H groups in total. The number of hydrogen-bond acceptors (Lipinski definition) is 5. The van der Waals surface area contributed by atoms with Crippen molar-refractivity contribution in [3.05, 3.63) is 17.7 Å². The number of rotatable bonds is 4. The lowest BCUT2D eigenvalue weighted by atomic mass is 10.2. The van der Waals surface area contributed by atoms with Gasteiger partial charge in [-0.1, -0.05) is 16.8 Å². The number of hydrogen-bond donors (Lipinski definition) is 1. The summed E-state index contributed by atoms with van der Waals surface area (Å²) in [5.41, 5.74) is 0.471. The van der Waals surface area contributed by atoms with Crippen LogP contribution < -0.4 is 14.2 Å². The van der Waals surface area contributed by atoms with E-state index in [1.807, 2.05) is 0 Å². The molecule has 0 amide bonds. The van der Waals surface area contributed by atoms with E-state index in [0.29, 0.717) is 22.8 Å². The van der Waals surface area contributed by atoms with Crippen molar-refractivity contribution in [2.24, 2.45) is 5.16 Å². The number of nitrogens with zero attached hydrogens (tertiary/aromatic N) is 1. The van der Waals surface area contributed by atoms with Gasteiger partial charge in [-0.3, -0.25) is 0 Å². The van der Waals surface area contributed by atoms with E-state index in [1.54, 1.807) is 12.1 Å². The summed E-state index contributed by atoms with van der Waals surface area (Å²) in [6.07, 6.45) is 0. The first kappa shape index (κ1) is 12.4. The van der Waals surface area contributed by atoms with E-state index >= 15 is 0 Å². The van der Waals surface area contributed by atoms with Crippen molar-refractivity contribution < 1.29 is 19.4 Å². The predicted molar refractivity (Wildman–Crippen MR) is 60.3 cm³/mol. The molecule has 5 nitrogen and oxygen atoms in total. The second-order valence-electron chi connectivity index (χ2n) is 2.80. The average Bonchev–Trinajstić information content (AvgIpc) is 2.35. The minimum absolute atomic E-state index is 0.0562. The second kappa shape index (κ2) is 5.46. The molecule has 0 heterocycles. The highest BCUT2D eigenvalue weighted by Crippen LogP contribution is 2.38. The van der Waals surface area contributed by atoms with E-state index in [0.717, 1.165) is 0 Å². The molecule has 0 saturated heterocycles. The van der Waals surface area contributed by atoms with E-state index in [9.17, 15) is 0 Å². The highest BCUT2D eigenvalue weighted by molar-refractivity contribution is 6.69. The van der Waals surface area contributed by atoms with Crippen LogP contribution in [0.4, 0.5) is 0 Å². The molecule has 0 fully saturated rings. The number of ether oxygens (including phenoxy) is 3. The molecule has 16 heavy (non-hydrogen) atoms. The van der Waals surface area contributed by atoms with Crippen molar-refractivity contribution in [1.29, 1.82) is 0 Å². The van der Waals surface area contributed by atoms with Gasteiger partial charge in [0, 0.05) is 5.56 Å². The third-order valence-corrected chi connectivity index (χ3v) is 2.28. The minimum Gasteiger partial charge on any atom is -0.493 e. The van der Waals surface area contributed by atoms with E-state index < -0.39 is 0 Å². The average molecular weight is 246 g/mol. The fraction of sp³-hybridized carbons (Fsp3) is 0.300. The molecule has 1 aromatic carbocycles. The summed E-state index contributed by atoms with van der Waals surface area (Å²) >= 11 is 5.69. The van der Waals surface area contributed by atoms with Crippen LogP contribution in [-0.2, 0) is 0 Å². The zero-order valence-corrected chi connectivity index (χ0v) is 9.91. The molecular formula is C10H12ClNO4. The lowest BCUT2D eigenvalue weighted by Crippen LogP contribution is -1.99. The highest BCUT2D eigenvalue weighted by atomic mass is 35.5. The zero-order valence-electron chi connectivity index (χ0n) is 9.15. The maximum absolute atomic E-state index is 8.59. The molecule has 0 bridgehead atoms. The van der Waals surface area contributed by atoms with Crippen molar-refractivity contribution in [1.82, 2.24) is 0 Å². The quantitative estimate of drug-likeness (QED) is 0.501. The predicted octanol–water partition coefficient (Wildman–Crippen LogP) is 2.09. The van der Waals surface area contributed by atoms with E-state index in [-0.39, 0.29) is 5.17 Å². The van der Waals surface area contributed by atoms with Crippen molar-refractivity contribution in [3.63, 3.8) is 0 Å². The van der Waals surface area contributed by atoms with E-state index in [4.69, 9.17) is 31.0 Å². The number of benzene rings is 1. The van der Waals surface area contributed by atoms with Crippen molar-refractivity contribution >= 4 is 16.8 Å². The second-order valence-corrected chi connectivity index (χ2v) is 3.16. The van der Waals surface area contributed by atoms with Gasteiger partial charge in [0.1, 0.15) is 0 Å². The Balaban J connectivity index is 3.37. The van der Waals surface area contributed by atoms with Crippen molar-refractivity contribution in [2.45, 2.75) is 0 Å². The third-order valence-electron chi connectivity index (χ3n) is 1.99. The monoisotopic (exact) mass is 245 g/mol. The largest absolute Gasteiger partial charge is 0.493 e. The maximum atomic E-state index is 8.59. The SMILES string of the molecule is COc1cc(/C(Cl)=N\O)cc(OC)c1OC. The summed E-state index contributed by atoms with van der Waals surface area (Å²) in [6.45, 7) is 0. The first-order valence-corrected chi connectivity index (χ1v) is 4.73. The van der Waals surface area contributed by atoms with Crippen molar-refractivity contribution in [2.75, 3.05) is 21.3 Å². The van der Waals surface area contributed by atoms with Crippen LogP contribution >= 0.6 is 11.6 Å². The summed E-state index contributed by atoms with van der Waals surface area (Å²) in [7, 11) is 4.48. The van der Waals surface area contributed by atoms with Gasteiger partial charge in [-0.2, -0.15) is 0 Å². The molecule has 0 saturated carbocycles. The lowest BCUT2D eigenvalue weighted by molar-refractivity contribution is 0.319. The number of halogens is 1. The molecule has 0 aliphatic heterocycles. The topological polar surface area (TPSA) is 60.3 Å². The molecule has 0 aliphatic carbocycles. The Labute approximate surface area is 98.2 Å². The summed E-state index contributed by atoms with van der Waals surface area (Å²) in [4.78, 5) is 0. The van der Waals surface area contributed by atoms with E-state index in [1.165, 1.54) is 21.3 Å². The molecule has 0 atom stereocenters. The Hall–Kier alpha value is -1.62. The molecule has 0 radical (unpaired) electrons. The number of methoxy groups -OCH3 is 3. The van der Waals surface area contributed by atoms with Gasteiger partial charge in [-0.25, -0.2) is 0 Å². The van der Waals surface area contributed by atoms with Gasteiger partial charge in [0.25, 0.3) is 0 Å². The maximum Gasteiger partial charge on any atom is 0.203 e. The zero-order chi connectivity index (χ0) is 12.1. The summed E-state index contributed by atoms with van der Waals surface area (Å²) in [5.74, 6) is 1.34. The molecule has 88 valence electrons. The first-order chi connectivity index (χ1) is 7.67. The molecule has 0 aromatic heterocycles. The van der Waals surface area contributed by atoms with Crippen LogP contribution in [-0.4, -0.2) is 31.7 Å². The normalized spacial score (nSPS) is 11.1. The first-order valence-electron chi connectivity index (χ1n) is 4.35. The molecule has 1 aromatic rings. The van der Waals surface area contributed by atoms with Crippen LogP contribution in [0.3, 0.4) is 0 Å². The summed E-state index contributed by atoms with van der Waals surface area (Å²) in [5, 5.41) is 11.4. The van der Waals surface area contributed by atoms with Crippen LogP contribution in [0.15, 0.2) is 17.3 Å². The molecule has 1 rings (SSSR count). The fourth-order valence-electron chi connectivity index (χ4n) is 1.26. The van der Waals surface area contributed by atoms with Crippen LogP contribution in [0.1, 0.15) is 5.56 Å². The molecular weight excluding hydrogens is 234 g/mol. The Kier molecular flexibility index (Phi) is 4.25. The van der Waals surface area contributed by atoms with Crippen LogP contribution in [0, 0.1) is 0 Å². The third kappa shape index (κ3) is 2.30. The highest BCUT2D eigenvalue weighted by Gasteiger charge is 2.15. The molecule has 0 unspecified atom stereocenters. The van der Waals surface area contributed by atoms with Gasteiger partial charge in [0.2, 0.25) is 5.75 Å². The summed E-state index contributed by atoms with van der Waals surface area (Å²) < 4.78 is 15.4. The fourth-order valence-corrected chi connectivity index (χ4v) is 1.37. The molecule has 0 aliphatic rings.